The summed E-state index contributed by atoms with van der Waals surface area (Å²) in [6.07, 6.45) is 0.843. The van der Waals surface area contributed by atoms with Crippen LogP contribution in [0.15, 0.2) is 36.4 Å². The van der Waals surface area contributed by atoms with Crippen LogP contribution in [-0.2, 0) is 0 Å². The first-order valence-corrected chi connectivity index (χ1v) is 5.45. The Kier molecular flexibility index (Phi) is 3.05. The van der Waals surface area contributed by atoms with Crippen molar-refractivity contribution in [2.24, 2.45) is 0 Å². The minimum Gasteiger partial charge on any atom is -0.298 e. The molecule has 0 unspecified atom stereocenters. The summed E-state index contributed by atoms with van der Waals surface area (Å²) in [5.74, 6) is -0.245. The lowest BCUT2D eigenvalue weighted by atomic mass is 9.96. The smallest absolute Gasteiger partial charge is 0.150 e. The summed E-state index contributed by atoms with van der Waals surface area (Å²) >= 11 is 0. The van der Waals surface area contributed by atoms with E-state index in [1.165, 1.54) is 6.07 Å². The molecule has 2 aromatic carbocycles. The van der Waals surface area contributed by atoms with Gasteiger partial charge in [-0.2, -0.15) is 0 Å². The maximum absolute atomic E-state index is 13.7. The van der Waals surface area contributed by atoms with Crippen molar-refractivity contribution >= 4 is 6.29 Å². The highest BCUT2D eigenvalue weighted by Gasteiger charge is 2.08. The summed E-state index contributed by atoms with van der Waals surface area (Å²) < 4.78 is 13.7. The van der Waals surface area contributed by atoms with E-state index in [2.05, 4.69) is 0 Å². The van der Waals surface area contributed by atoms with Crippen molar-refractivity contribution in [3.63, 3.8) is 0 Å². The SMILES string of the molecule is Cc1cc(-c2ccccc2F)cc(C)c1C=O. The zero-order chi connectivity index (χ0) is 12.4. The largest absolute Gasteiger partial charge is 0.298 e. The number of rotatable bonds is 2. The Morgan fingerprint density at radius 3 is 2.18 bits per heavy atom. The van der Waals surface area contributed by atoms with Crippen LogP contribution >= 0.6 is 0 Å². The van der Waals surface area contributed by atoms with Gasteiger partial charge in [0.25, 0.3) is 0 Å². The molecule has 2 aromatic rings. The molecule has 86 valence electrons. The second-order valence-corrected chi connectivity index (χ2v) is 4.12. The molecule has 0 heterocycles. The molecule has 0 N–H and O–H groups in total. The van der Waals surface area contributed by atoms with Gasteiger partial charge in [-0.05, 0) is 36.6 Å². The van der Waals surface area contributed by atoms with Crippen molar-refractivity contribution in [2.45, 2.75) is 13.8 Å². The monoisotopic (exact) mass is 228 g/mol. The van der Waals surface area contributed by atoms with Gasteiger partial charge in [0.15, 0.2) is 6.29 Å². The molecule has 0 aliphatic rings. The fourth-order valence-corrected chi connectivity index (χ4v) is 2.01. The van der Waals surface area contributed by atoms with E-state index in [-0.39, 0.29) is 5.82 Å². The third kappa shape index (κ3) is 2.11. The standard InChI is InChI=1S/C15H13FO/c1-10-7-12(8-11(2)14(10)9-17)13-5-3-4-6-15(13)16/h3-9H,1-2H3. The summed E-state index contributed by atoms with van der Waals surface area (Å²) in [5, 5.41) is 0. The van der Waals surface area contributed by atoms with Gasteiger partial charge in [0.1, 0.15) is 5.82 Å². The average molecular weight is 228 g/mol. The van der Waals surface area contributed by atoms with Gasteiger partial charge in [-0.15, -0.1) is 0 Å². The molecule has 0 aromatic heterocycles. The number of hydrogen-bond acceptors (Lipinski definition) is 1. The van der Waals surface area contributed by atoms with Crippen LogP contribution in [0.25, 0.3) is 11.1 Å². The quantitative estimate of drug-likeness (QED) is 0.712. The first-order chi connectivity index (χ1) is 8.13. The highest BCUT2D eigenvalue weighted by atomic mass is 19.1. The molecular weight excluding hydrogens is 215 g/mol. The van der Waals surface area contributed by atoms with Crippen LogP contribution in [0.5, 0.6) is 0 Å². The lowest BCUT2D eigenvalue weighted by Crippen LogP contribution is -1.93. The molecule has 0 atom stereocenters. The Hall–Kier alpha value is -1.96. The van der Waals surface area contributed by atoms with E-state index >= 15 is 0 Å². The molecule has 0 fully saturated rings. The average Bonchev–Trinajstić information content (AvgIpc) is 2.29. The molecule has 0 saturated heterocycles. The lowest BCUT2D eigenvalue weighted by molar-refractivity contribution is 0.112. The molecular formula is C15H13FO. The number of carbonyl (C=O) groups is 1. The minimum atomic E-state index is -0.245. The van der Waals surface area contributed by atoms with Crippen molar-refractivity contribution in [2.75, 3.05) is 0 Å². The fourth-order valence-electron chi connectivity index (χ4n) is 2.01. The number of carbonyl (C=O) groups excluding carboxylic acids is 1. The molecule has 0 spiro atoms. The van der Waals surface area contributed by atoms with Gasteiger partial charge in [0.05, 0.1) is 0 Å². The van der Waals surface area contributed by atoms with E-state index in [9.17, 15) is 9.18 Å². The van der Waals surface area contributed by atoms with Crippen LogP contribution in [-0.4, -0.2) is 6.29 Å². The Labute approximate surface area is 99.9 Å². The zero-order valence-corrected chi connectivity index (χ0v) is 9.83. The topological polar surface area (TPSA) is 17.1 Å². The van der Waals surface area contributed by atoms with Gasteiger partial charge in [0.2, 0.25) is 0 Å². The van der Waals surface area contributed by atoms with Crippen molar-refractivity contribution in [3.8, 4) is 11.1 Å². The minimum absolute atomic E-state index is 0.245. The number of aldehydes is 1. The van der Waals surface area contributed by atoms with Crippen LogP contribution in [0.4, 0.5) is 4.39 Å². The summed E-state index contributed by atoms with van der Waals surface area (Å²) in [4.78, 5) is 10.9. The predicted molar refractivity (Wildman–Crippen MR) is 66.7 cm³/mol. The molecule has 0 saturated carbocycles. The second-order valence-electron chi connectivity index (χ2n) is 4.12. The van der Waals surface area contributed by atoms with Crippen LogP contribution in [0.2, 0.25) is 0 Å². The first kappa shape index (κ1) is 11.5. The molecule has 17 heavy (non-hydrogen) atoms. The summed E-state index contributed by atoms with van der Waals surface area (Å²) in [7, 11) is 0. The maximum atomic E-state index is 13.7. The zero-order valence-electron chi connectivity index (χ0n) is 9.83. The molecule has 0 radical (unpaired) electrons. The van der Waals surface area contributed by atoms with E-state index in [1.54, 1.807) is 18.2 Å². The van der Waals surface area contributed by atoms with Crippen molar-refractivity contribution in [1.29, 1.82) is 0 Å². The first-order valence-electron chi connectivity index (χ1n) is 5.45. The van der Waals surface area contributed by atoms with E-state index < -0.39 is 0 Å². The van der Waals surface area contributed by atoms with Crippen LogP contribution in [0, 0.1) is 19.7 Å². The molecule has 1 nitrogen and oxygen atoms in total. The van der Waals surface area contributed by atoms with Gasteiger partial charge >= 0.3 is 0 Å². The van der Waals surface area contributed by atoms with Crippen molar-refractivity contribution in [3.05, 3.63) is 58.9 Å². The molecule has 0 aliphatic carbocycles. The lowest BCUT2D eigenvalue weighted by Gasteiger charge is -2.09. The Bertz CT molecular complexity index is 550. The van der Waals surface area contributed by atoms with Gasteiger partial charge in [-0.25, -0.2) is 4.39 Å². The number of benzene rings is 2. The van der Waals surface area contributed by atoms with E-state index in [0.717, 1.165) is 23.0 Å². The second kappa shape index (κ2) is 4.50. The van der Waals surface area contributed by atoms with Gasteiger partial charge in [0, 0.05) is 11.1 Å². The molecule has 0 aliphatic heterocycles. The van der Waals surface area contributed by atoms with Gasteiger partial charge in [-0.3, -0.25) is 4.79 Å². The Morgan fingerprint density at radius 2 is 1.65 bits per heavy atom. The third-order valence-electron chi connectivity index (χ3n) is 2.90. The predicted octanol–water partition coefficient (Wildman–Crippen LogP) is 3.92. The van der Waals surface area contributed by atoms with E-state index in [0.29, 0.717) is 11.1 Å². The molecule has 2 heteroatoms. The van der Waals surface area contributed by atoms with E-state index in [1.807, 2.05) is 26.0 Å². The van der Waals surface area contributed by atoms with Crippen molar-refractivity contribution in [1.82, 2.24) is 0 Å². The van der Waals surface area contributed by atoms with Gasteiger partial charge < -0.3 is 0 Å². The summed E-state index contributed by atoms with van der Waals surface area (Å²) in [6.45, 7) is 3.72. The fraction of sp³-hybridized carbons (Fsp3) is 0.133. The molecule has 0 amide bonds. The van der Waals surface area contributed by atoms with Crippen LogP contribution in [0.1, 0.15) is 21.5 Å². The molecule has 0 bridgehead atoms. The molecule has 2 rings (SSSR count). The summed E-state index contributed by atoms with van der Waals surface area (Å²) in [6, 6.07) is 10.3. The highest BCUT2D eigenvalue weighted by Crippen LogP contribution is 2.26. The van der Waals surface area contributed by atoms with Crippen molar-refractivity contribution < 1.29 is 9.18 Å². The number of aryl methyl sites for hydroxylation is 2. The third-order valence-corrected chi connectivity index (χ3v) is 2.90. The van der Waals surface area contributed by atoms with E-state index in [4.69, 9.17) is 0 Å². The van der Waals surface area contributed by atoms with Crippen LogP contribution in [0.3, 0.4) is 0 Å². The summed E-state index contributed by atoms with van der Waals surface area (Å²) in [5.41, 5.74) is 3.81. The normalized spacial score (nSPS) is 10.3. The highest BCUT2D eigenvalue weighted by molar-refractivity contribution is 5.82. The maximum Gasteiger partial charge on any atom is 0.150 e. The van der Waals surface area contributed by atoms with Gasteiger partial charge in [-0.1, -0.05) is 30.3 Å². The Balaban J connectivity index is 2.62. The number of halogens is 1. The Morgan fingerprint density at radius 1 is 1.06 bits per heavy atom. The number of hydrogen-bond donors (Lipinski definition) is 0. The van der Waals surface area contributed by atoms with Crippen LogP contribution < -0.4 is 0 Å².